The molecule has 0 fully saturated rings. The van der Waals surface area contributed by atoms with E-state index in [1.54, 1.807) is 0 Å². The molecule has 0 heterocycles. The topological polar surface area (TPSA) is 12.0 Å². The third-order valence-electron chi connectivity index (χ3n) is 2.37. The molecule has 1 unspecified atom stereocenters. The van der Waals surface area contributed by atoms with Gasteiger partial charge in [0.2, 0.25) is 0 Å². The third-order valence-corrected chi connectivity index (χ3v) is 2.37. The molecule has 0 aromatic rings. The highest BCUT2D eigenvalue weighted by Gasteiger charge is 2.11. The minimum atomic E-state index is 0.638. The van der Waals surface area contributed by atoms with Crippen LogP contribution in [0.2, 0.25) is 0 Å². The van der Waals surface area contributed by atoms with Gasteiger partial charge in [-0.2, -0.15) is 0 Å². The molecule has 2 atom stereocenters. The van der Waals surface area contributed by atoms with E-state index in [2.05, 4.69) is 46.9 Å². The molecule has 0 radical (unpaired) electrons. The van der Waals surface area contributed by atoms with Gasteiger partial charge in [0, 0.05) is 12.1 Å². The highest BCUT2D eigenvalue weighted by Crippen LogP contribution is 2.07. The van der Waals surface area contributed by atoms with Crippen molar-refractivity contribution in [1.29, 1.82) is 0 Å². The predicted octanol–water partition coefficient (Wildman–Crippen LogP) is 3.06. The minimum absolute atomic E-state index is 0.638. The van der Waals surface area contributed by atoms with Crippen molar-refractivity contribution in [1.82, 2.24) is 5.32 Å². The standard InChI is InChI=1S/C11H25N/c1-8(2)7-10(5)12-11(6)9(3)4/h8-12H,7H2,1-6H3/t10-,11?/m0/s1. The molecule has 1 nitrogen and oxygen atoms in total. The van der Waals surface area contributed by atoms with E-state index in [1.807, 2.05) is 0 Å². The molecular weight excluding hydrogens is 146 g/mol. The van der Waals surface area contributed by atoms with Crippen LogP contribution < -0.4 is 5.32 Å². The van der Waals surface area contributed by atoms with Gasteiger partial charge in [0.25, 0.3) is 0 Å². The maximum absolute atomic E-state index is 3.61. The molecule has 0 aliphatic carbocycles. The fraction of sp³-hybridized carbons (Fsp3) is 1.00. The Bertz CT molecular complexity index is 108. The Kier molecular flexibility index (Phi) is 5.56. The Morgan fingerprint density at radius 1 is 0.917 bits per heavy atom. The van der Waals surface area contributed by atoms with Crippen molar-refractivity contribution in [2.75, 3.05) is 0 Å². The molecule has 0 spiro atoms. The lowest BCUT2D eigenvalue weighted by Crippen LogP contribution is -2.38. The summed E-state index contributed by atoms with van der Waals surface area (Å²) >= 11 is 0. The third kappa shape index (κ3) is 5.59. The van der Waals surface area contributed by atoms with Crippen LogP contribution in [-0.2, 0) is 0 Å². The van der Waals surface area contributed by atoms with E-state index in [0.717, 1.165) is 11.8 Å². The molecule has 0 rings (SSSR count). The maximum atomic E-state index is 3.61. The van der Waals surface area contributed by atoms with Crippen molar-refractivity contribution in [3.05, 3.63) is 0 Å². The molecule has 0 saturated carbocycles. The molecule has 0 bridgehead atoms. The monoisotopic (exact) mass is 171 g/mol. The first-order valence-electron chi connectivity index (χ1n) is 5.19. The summed E-state index contributed by atoms with van der Waals surface area (Å²) in [6.45, 7) is 13.6. The fourth-order valence-corrected chi connectivity index (χ4v) is 1.42. The van der Waals surface area contributed by atoms with Crippen LogP contribution in [0.15, 0.2) is 0 Å². The smallest absolute Gasteiger partial charge is 0.00642 e. The van der Waals surface area contributed by atoms with Gasteiger partial charge < -0.3 is 5.32 Å². The largest absolute Gasteiger partial charge is 0.312 e. The summed E-state index contributed by atoms with van der Waals surface area (Å²) in [6.07, 6.45) is 1.27. The van der Waals surface area contributed by atoms with Crippen molar-refractivity contribution < 1.29 is 0 Å². The zero-order chi connectivity index (χ0) is 9.72. The van der Waals surface area contributed by atoms with E-state index < -0.39 is 0 Å². The van der Waals surface area contributed by atoms with Crippen molar-refractivity contribution in [2.24, 2.45) is 11.8 Å². The van der Waals surface area contributed by atoms with Gasteiger partial charge in [0.05, 0.1) is 0 Å². The molecule has 1 N–H and O–H groups in total. The summed E-state index contributed by atoms with van der Waals surface area (Å²) in [6, 6.07) is 1.29. The lowest BCUT2D eigenvalue weighted by molar-refractivity contribution is 0.350. The summed E-state index contributed by atoms with van der Waals surface area (Å²) in [5.74, 6) is 1.53. The average molecular weight is 171 g/mol. The van der Waals surface area contributed by atoms with Crippen LogP contribution in [0.4, 0.5) is 0 Å². The zero-order valence-corrected chi connectivity index (χ0v) is 9.52. The summed E-state index contributed by atoms with van der Waals surface area (Å²) in [5.41, 5.74) is 0. The van der Waals surface area contributed by atoms with Gasteiger partial charge in [-0.1, -0.05) is 27.7 Å². The van der Waals surface area contributed by atoms with Gasteiger partial charge in [0.15, 0.2) is 0 Å². The Labute approximate surface area is 77.9 Å². The summed E-state index contributed by atoms with van der Waals surface area (Å²) in [4.78, 5) is 0. The van der Waals surface area contributed by atoms with Crippen LogP contribution in [0.3, 0.4) is 0 Å². The van der Waals surface area contributed by atoms with Crippen LogP contribution >= 0.6 is 0 Å². The summed E-state index contributed by atoms with van der Waals surface area (Å²) < 4.78 is 0. The van der Waals surface area contributed by atoms with Gasteiger partial charge >= 0.3 is 0 Å². The van der Waals surface area contributed by atoms with Gasteiger partial charge in [-0.3, -0.25) is 0 Å². The molecule has 0 aliphatic heterocycles. The van der Waals surface area contributed by atoms with Crippen LogP contribution in [0.1, 0.15) is 48.0 Å². The molecule has 0 aromatic heterocycles. The second-order valence-corrected chi connectivity index (χ2v) is 4.73. The van der Waals surface area contributed by atoms with Crippen LogP contribution in [0.5, 0.6) is 0 Å². The zero-order valence-electron chi connectivity index (χ0n) is 9.52. The first kappa shape index (κ1) is 12.0. The maximum Gasteiger partial charge on any atom is 0.00642 e. The Hall–Kier alpha value is -0.0400. The van der Waals surface area contributed by atoms with Gasteiger partial charge in [-0.05, 0) is 32.1 Å². The normalized spacial score (nSPS) is 17.0. The molecule has 0 aliphatic rings. The highest BCUT2D eigenvalue weighted by atomic mass is 14.9. The van der Waals surface area contributed by atoms with Crippen molar-refractivity contribution >= 4 is 0 Å². The predicted molar refractivity (Wildman–Crippen MR) is 56.4 cm³/mol. The Morgan fingerprint density at radius 3 is 1.75 bits per heavy atom. The molecule has 74 valence electrons. The second kappa shape index (κ2) is 5.58. The Morgan fingerprint density at radius 2 is 1.42 bits per heavy atom. The van der Waals surface area contributed by atoms with Crippen LogP contribution in [0, 0.1) is 11.8 Å². The first-order valence-corrected chi connectivity index (χ1v) is 5.19. The van der Waals surface area contributed by atoms with Gasteiger partial charge in [0.1, 0.15) is 0 Å². The molecule has 1 heteroatoms. The summed E-state index contributed by atoms with van der Waals surface area (Å²) in [5, 5.41) is 3.61. The molecule has 0 amide bonds. The molecule has 0 saturated heterocycles. The first-order chi connectivity index (χ1) is 5.43. The number of hydrogen-bond donors (Lipinski definition) is 1. The lowest BCUT2D eigenvalue weighted by atomic mass is 10.0. The highest BCUT2D eigenvalue weighted by molar-refractivity contribution is 4.70. The van der Waals surface area contributed by atoms with E-state index in [1.165, 1.54) is 6.42 Å². The molecule has 12 heavy (non-hydrogen) atoms. The Balaban J connectivity index is 3.61. The molecular formula is C11H25N. The van der Waals surface area contributed by atoms with E-state index >= 15 is 0 Å². The van der Waals surface area contributed by atoms with E-state index in [4.69, 9.17) is 0 Å². The number of nitrogens with one attached hydrogen (secondary N) is 1. The van der Waals surface area contributed by atoms with Gasteiger partial charge in [-0.25, -0.2) is 0 Å². The average Bonchev–Trinajstić information content (AvgIpc) is 1.84. The van der Waals surface area contributed by atoms with E-state index in [-0.39, 0.29) is 0 Å². The van der Waals surface area contributed by atoms with Crippen LogP contribution in [0.25, 0.3) is 0 Å². The molecule has 0 aromatic carbocycles. The quantitative estimate of drug-likeness (QED) is 0.670. The minimum Gasteiger partial charge on any atom is -0.312 e. The lowest BCUT2D eigenvalue weighted by Gasteiger charge is -2.23. The SMILES string of the molecule is CC(C)C[C@H](C)NC(C)C(C)C. The van der Waals surface area contributed by atoms with Gasteiger partial charge in [-0.15, -0.1) is 0 Å². The van der Waals surface area contributed by atoms with Crippen molar-refractivity contribution in [3.63, 3.8) is 0 Å². The summed E-state index contributed by atoms with van der Waals surface area (Å²) in [7, 11) is 0. The number of rotatable bonds is 5. The number of hydrogen-bond acceptors (Lipinski definition) is 1. The van der Waals surface area contributed by atoms with Crippen molar-refractivity contribution in [3.8, 4) is 0 Å². The van der Waals surface area contributed by atoms with Crippen molar-refractivity contribution in [2.45, 2.75) is 60.0 Å². The fourth-order valence-electron chi connectivity index (χ4n) is 1.42. The van der Waals surface area contributed by atoms with E-state index in [0.29, 0.717) is 12.1 Å². The van der Waals surface area contributed by atoms with E-state index in [9.17, 15) is 0 Å². The van der Waals surface area contributed by atoms with Crippen LogP contribution in [-0.4, -0.2) is 12.1 Å². The second-order valence-electron chi connectivity index (χ2n) is 4.73.